The van der Waals surface area contributed by atoms with Gasteiger partial charge in [0, 0.05) is 32.0 Å². The van der Waals surface area contributed by atoms with E-state index in [-0.39, 0.29) is 5.92 Å². The molecule has 8 aromatic carbocycles. The molecule has 11 rings (SSSR count). The zero-order valence-electron chi connectivity index (χ0n) is 28.1. The van der Waals surface area contributed by atoms with E-state index in [9.17, 15) is 0 Å². The van der Waals surface area contributed by atoms with Crippen molar-refractivity contribution >= 4 is 42.3 Å². The highest BCUT2D eigenvalue weighted by Gasteiger charge is 2.35. The smallest absolute Gasteiger partial charge is 0.0409 e. The summed E-state index contributed by atoms with van der Waals surface area (Å²) < 4.78 is 2.76. The summed E-state index contributed by atoms with van der Waals surface area (Å²) in [5.41, 5.74) is 16.6. The summed E-state index contributed by atoms with van der Waals surface area (Å²) in [6.45, 7) is 0. The maximum absolute atomic E-state index is 2.54. The SMILES string of the molecule is c1ccc(C2CCc3ccc(-c4cc5c(c6sc7ccccc7c46)C(c4cccc6ccccc46)c4ccccc4-5)cc3-c3ccccc32)cc1. The summed E-state index contributed by atoms with van der Waals surface area (Å²) in [6, 6.07) is 64.0. The molecule has 2 aliphatic rings. The van der Waals surface area contributed by atoms with Gasteiger partial charge in [-0.1, -0.05) is 152 Å². The fourth-order valence-corrected chi connectivity index (χ4v) is 10.7. The number of hydrogen-bond donors (Lipinski definition) is 0. The Morgan fingerprint density at radius 1 is 0.471 bits per heavy atom. The summed E-state index contributed by atoms with van der Waals surface area (Å²) in [5.74, 6) is 0.550. The molecule has 1 aromatic heterocycles. The molecule has 2 aliphatic carbocycles. The predicted octanol–water partition coefficient (Wildman–Crippen LogP) is 13.8. The standard InChI is InChI=1S/C50H34S/c1-2-13-31(14-3-1)36-28-27-33-25-26-34(29-43(33)38-19-7-6-18-37(36)38)44-30-45-39-20-8-9-21-41(39)47(40-23-12-16-32-15-4-5-17-35(32)40)49(45)50-48(44)42-22-10-11-24-46(42)51-50/h1-26,29-30,36,47H,27-28H2. The van der Waals surface area contributed by atoms with Crippen molar-refractivity contribution in [1.29, 1.82) is 0 Å². The maximum atomic E-state index is 2.54. The van der Waals surface area contributed by atoms with Crippen molar-refractivity contribution in [2.45, 2.75) is 24.7 Å². The van der Waals surface area contributed by atoms with Gasteiger partial charge in [0.1, 0.15) is 0 Å². The second kappa shape index (κ2) is 11.4. The molecule has 2 atom stereocenters. The highest BCUT2D eigenvalue weighted by molar-refractivity contribution is 7.26. The van der Waals surface area contributed by atoms with Gasteiger partial charge < -0.3 is 0 Å². The molecule has 0 saturated heterocycles. The first-order chi connectivity index (χ1) is 25.3. The Morgan fingerprint density at radius 3 is 2.04 bits per heavy atom. The molecular weight excluding hydrogens is 633 g/mol. The van der Waals surface area contributed by atoms with Gasteiger partial charge in [0.2, 0.25) is 0 Å². The Kier molecular flexibility index (Phi) is 6.48. The van der Waals surface area contributed by atoms with Gasteiger partial charge >= 0.3 is 0 Å². The first-order valence-corrected chi connectivity index (χ1v) is 19.0. The van der Waals surface area contributed by atoms with Gasteiger partial charge in [0.05, 0.1) is 0 Å². The lowest BCUT2D eigenvalue weighted by Crippen LogP contribution is -2.01. The van der Waals surface area contributed by atoms with Crippen LogP contribution in [0.15, 0.2) is 170 Å². The molecule has 0 spiro atoms. The van der Waals surface area contributed by atoms with Crippen LogP contribution in [0.25, 0.3) is 64.3 Å². The minimum atomic E-state index is 0.167. The van der Waals surface area contributed by atoms with Crippen molar-refractivity contribution in [3.8, 4) is 33.4 Å². The highest BCUT2D eigenvalue weighted by Crippen LogP contribution is 2.56. The van der Waals surface area contributed by atoms with Crippen molar-refractivity contribution in [3.05, 3.63) is 203 Å². The van der Waals surface area contributed by atoms with Crippen LogP contribution in [0.3, 0.4) is 0 Å². The molecule has 0 radical (unpaired) electrons. The van der Waals surface area contributed by atoms with Crippen LogP contribution in [-0.4, -0.2) is 0 Å². The third-order valence-electron chi connectivity index (χ3n) is 11.6. The van der Waals surface area contributed by atoms with E-state index in [1.807, 2.05) is 11.3 Å². The van der Waals surface area contributed by atoms with E-state index in [0.717, 1.165) is 12.8 Å². The van der Waals surface area contributed by atoms with Crippen LogP contribution in [0.4, 0.5) is 0 Å². The Morgan fingerprint density at radius 2 is 1.16 bits per heavy atom. The molecule has 0 nitrogen and oxygen atoms in total. The van der Waals surface area contributed by atoms with E-state index in [4.69, 9.17) is 0 Å². The van der Waals surface area contributed by atoms with Crippen LogP contribution in [-0.2, 0) is 6.42 Å². The van der Waals surface area contributed by atoms with E-state index in [1.54, 1.807) is 0 Å². The quantitative estimate of drug-likeness (QED) is 0.176. The van der Waals surface area contributed by atoms with E-state index < -0.39 is 0 Å². The lowest BCUT2D eigenvalue weighted by Gasteiger charge is -2.19. The molecule has 0 bridgehead atoms. The van der Waals surface area contributed by atoms with E-state index >= 15 is 0 Å². The van der Waals surface area contributed by atoms with Crippen LogP contribution < -0.4 is 0 Å². The summed E-state index contributed by atoms with van der Waals surface area (Å²) in [7, 11) is 0. The largest absolute Gasteiger partial charge is 0.135 e. The summed E-state index contributed by atoms with van der Waals surface area (Å²) in [5, 5.41) is 5.37. The topological polar surface area (TPSA) is 0 Å². The van der Waals surface area contributed by atoms with Crippen LogP contribution in [0, 0.1) is 0 Å². The van der Waals surface area contributed by atoms with E-state index in [2.05, 4.69) is 170 Å². The van der Waals surface area contributed by atoms with Crippen molar-refractivity contribution in [1.82, 2.24) is 0 Å². The maximum Gasteiger partial charge on any atom is 0.0409 e. The minimum absolute atomic E-state index is 0.167. The summed E-state index contributed by atoms with van der Waals surface area (Å²) in [4.78, 5) is 0. The average Bonchev–Trinajstić information content (AvgIpc) is 3.69. The Balaban J connectivity index is 1.18. The van der Waals surface area contributed by atoms with Gasteiger partial charge in [-0.3, -0.25) is 0 Å². The molecule has 0 saturated carbocycles. The number of fused-ring (bicyclic) bond motifs is 11. The second-order valence-corrected chi connectivity index (χ2v) is 15.3. The predicted molar refractivity (Wildman–Crippen MR) is 217 cm³/mol. The molecule has 1 heteroatoms. The Labute approximate surface area is 302 Å². The number of hydrogen-bond acceptors (Lipinski definition) is 1. The van der Waals surface area contributed by atoms with Crippen LogP contribution >= 0.6 is 11.3 Å². The van der Waals surface area contributed by atoms with Gasteiger partial charge in [-0.25, -0.2) is 0 Å². The zero-order chi connectivity index (χ0) is 33.5. The lowest BCUT2D eigenvalue weighted by atomic mass is 9.84. The van der Waals surface area contributed by atoms with Crippen molar-refractivity contribution < 1.29 is 0 Å². The zero-order valence-corrected chi connectivity index (χ0v) is 29.0. The van der Waals surface area contributed by atoms with Gasteiger partial charge in [-0.05, 0) is 109 Å². The number of aryl methyl sites for hydroxylation is 1. The molecule has 9 aromatic rings. The lowest BCUT2D eigenvalue weighted by molar-refractivity contribution is 0.726. The number of rotatable bonds is 3. The third-order valence-corrected chi connectivity index (χ3v) is 12.8. The first-order valence-electron chi connectivity index (χ1n) is 18.1. The van der Waals surface area contributed by atoms with Crippen molar-refractivity contribution in [2.24, 2.45) is 0 Å². The molecule has 0 fully saturated rings. The van der Waals surface area contributed by atoms with Crippen molar-refractivity contribution in [3.63, 3.8) is 0 Å². The van der Waals surface area contributed by atoms with Crippen LogP contribution in [0.5, 0.6) is 0 Å². The van der Waals surface area contributed by atoms with Gasteiger partial charge in [0.25, 0.3) is 0 Å². The normalized spacial score (nSPS) is 16.1. The van der Waals surface area contributed by atoms with Crippen LogP contribution in [0.2, 0.25) is 0 Å². The second-order valence-electron chi connectivity index (χ2n) is 14.2. The average molecular weight is 667 g/mol. The summed E-state index contributed by atoms with van der Waals surface area (Å²) in [6.07, 6.45) is 2.17. The number of benzene rings is 8. The van der Waals surface area contributed by atoms with E-state index in [1.165, 1.54) is 97.7 Å². The Hall–Kier alpha value is -5.76. The van der Waals surface area contributed by atoms with E-state index in [0.29, 0.717) is 5.92 Å². The minimum Gasteiger partial charge on any atom is -0.135 e. The molecule has 51 heavy (non-hydrogen) atoms. The van der Waals surface area contributed by atoms with Crippen molar-refractivity contribution in [2.75, 3.05) is 0 Å². The molecule has 2 unspecified atom stereocenters. The molecule has 240 valence electrons. The Bertz CT molecular complexity index is 2810. The fourth-order valence-electron chi connectivity index (χ4n) is 9.38. The summed E-state index contributed by atoms with van der Waals surface area (Å²) >= 11 is 1.97. The van der Waals surface area contributed by atoms with Gasteiger partial charge in [-0.15, -0.1) is 11.3 Å². The first kappa shape index (κ1) is 29.0. The fraction of sp³-hybridized carbons (Fsp3) is 0.0800. The highest BCUT2D eigenvalue weighted by atomic mass is 32.1. The number of thiophene rings is 1. The molecule has 1 heterocycles. The van der Waals surface area contributed by atoms with Gasteiger partial charge in [0.15, 0.2) is 0 Å². The molecular formula is C50H34S. The van der Waals surface area contributed by atoms with Gasteiger partial charge in [-0.2, -0.15) is 0 Å². The third kappa shape index (κ3) is 4.38. The molecule has 0 amide bonds. The van der Waals surface area contributed by atoms with Crippen LogP contribution in [0.1, 0.15) is 51.6 Å². The molecule has 0 N–H and O–H groups in total. The monoisotopic (exact) mass is 666 g/mol. The molecule has 0 aliphatic heterocycles.